The Morgan fingerprint density at radius 3 is 2.53 bits per heavy atom. The van der Waals surface area contributed by atoms with E-state index in [1.165, 1.54) is 38.5 Å². The highest BCUT2D eigenvalue weighted by atomic mass is 16.1. The number of hydrogen-bond donors (Lipinski definition) is 2. The lowest BCUT2D eigenvalue weighted by atomic mass is 9.96. The van der Waals surface area contributed by atoms with E-state index < -0.39 is 0 Å². The van der Waals surface area contributed by atoms with Crippen LogP contribution in [0.3, 0.4) is 0 Å². The van der Waals surface area contributed by atoms with Crippen molar-refractivity contribution in [2.45, 2.75) is 58.3 Å². The molecule has 0 heterocycles. The second-order valence-electron chi connectivity index (χ2n) is 5.55. The monoisotopic (exact) mass is 240 g/mol. The van der Waals surface area contributed by atoms with Crippen LogP contribution in [0.1, 0.15) is 58.3 Å². The molecule has 1 aliphatic rings. The normalized spacial score (nSPS) is 19.6. The first kappa shape index (κ1) is 14.5. The molecule has 1 atom stereocenters. The third kappa shape index (κ3) is 6.67. The van der Waals surface area contributed by atoms with Gasteiger partial charge in [0.1, 0.15) is 0 Å². The molecular formula is C14H28N2O. The first-order valence-electron chi connectivity index (χ1n) is 7.19. The highest BCUT2D eigenvalue weighted by Gasteiger charge is 2.16. The zero-order valence-electron chi connectivity index (χ0n) is 11.2. The summed E-state index contributed by atoms with van der Waals surface area (Å²) in [6.45, 7) is 3.63. The predicted molar refractivity (Wildman–Crippen MR) is 71.7 cm³/mol. The van der Waals surface area contributed by atoms with Crippen molar-refractivity contribution in [2.24, 2.45) is 17.6 Å². The maximum absolute atomic E-state index is 11.8. The molecule has 3 N–H and O–H groups in total. The van der Waals surface area contributed by atoms with Crippen LogP contribution < -0.4 is 11.1 Å². The molecule has 0 spiro atoms. The van der Waals surface area contributed by atoms with Gasteiger partial charge in [0.05, 0.1) is 0 Å². The quantitative estimate of drug-likeness (QED) is 0.701. The summed E-state index contributed by atoms with van der Waals surface area (Å²) in [5.41, 5.74) is 5.49. The van der Waals surface area contributed by atoms with Crippen LogP contribution >= 0.6 is 0 Å². The highest BCUT2D eigenvalue weighted by Crippen LogP contribution is 2.25. The van der Waals surface area contributed by atoms with E-state index in [0.717, 1.165) is 19.4 Å². The molecule has 3 heteroatoms. The Morgan fingerprint density at radius 2 is 1.94 bits per heavy atom. The fraction of sp³-hybridized carbons (Fsp3) is 0.929. The van der Waals surface area contributed by atoms with Crippen LogP contribution in [0.4, 0.5) is 0 Å². The van der Waals surface area contributed by atoms with Crippen LogP contribution in [-0.4, -0.2) is 19.0 Å². The van der Waals surface area contributed by atoms with Gasteiger partial charge < -0.3 is 11.1 Å². The summed E-state index contributed by atoms with van der Waals surface area (Å²) in [6.07, 6.45) is 9.52. The summed E-state index contributed by atoms with van der Waals surface area (Å²) in [6, 6.07) is 0. The van der Waals surface area contributed by atoms with E-state index >= 15 is 0 Å². The van der Waals surface area contributed by atoms with Crippen molar-refractivity contribution in [1.82, 2.24) is 5.32 Å². The Morgan fingerprint density at radius 1 is 1.29 bits per heavy atom. The van der Waals surface area contributed by atoms with Gasteiger partial charge in [0, 0.05) is 13.0 Å². The molecule has 0 saturated heterocycles. The van der Waals surface area contributed by atoms with Gasteiger partial charge in [0.2, 0.25) is 5.91 Å². The molecule has 0 aromatic carbocycles. The van der Waals surface area contributed by atoms with Crippen LogP contribution in [0.25, 0.3) is 0 Å². The summed E-state index contributed by atoms with van der Waals surface area (Å²) in [4.78, 5) is 11.8. The van der Waals surface area contributed by atoms with Gasteiger partial charge in [-0.3, -0.25) is 4.79 Å². The highest BCUT2D eigenvalue weighted by molar-refractivity contribution is 5.76. The molecule has 1 fully saturated rings. The Kier molecular flexibility index (Phi) is 7.25. The number of amides is 1. The molecule has 17 heavy (non-hydrogen) atoms. The van der Waals surface area contributed by atoms with Gasteiger partial charge in [-0.1, -0.05) is 32.6 Å². The first-order chi connectivity index (χ1) is 8.22. The van der Waals surface area contributed by atoms with Crippen molar-refractivity contribution in [3.05, 3.63) is 0 Å². The maximum atomic E-state index is 11.8. The predicted octanol–water partition coefficient (Wildman–Crippen LogP) is 2.45. The largest absolute Gasteiger partial charge is 0.356 e. The lowest BCUT2D eigenvalue weighted by Gasteiger charge is -2.15. The molecule has 1 saturated carbocycles. The molecule has 0 aliphatic heterocycles. The second kappa shape index (κ2) is 8.51. The molecule has 1 amide bonds. The van der Waals surface area contributed by atoms with Crippen LogP contribution in [0, 0.1) is 11.8 Å². The van der Waals surface area contributed by atoms with Gasteiger partial charge in [-0.25, -0.2) is 0 Å². The second-order valence-corrected chi connectivity index (χ2v) is 5.55. The van der Waals surface area contributed by atoms with Crippen LogP contribution in [0.2, 0.25) is 0 Å². The number of carbonyl (C=O) groups is 1. The van der Waals surface area contributed by atoms with Gasteiger partial charge in [-0.05, 0) is 37.6 Å². The third-order valence-electron chi connectivity index (χ3n) is 3.76. The van der Waals surface area contributed by atoms with E-state index in [-0.39, 0.29) is 5.91 Å². The SMILES string of the molecule is CC(CCN)CNC(=O)CC1CCCCCC1. The van der Waals surface area contributed by atoms with Crippen LogP contribution in [0.5, 0.6) is 0 Å². The van der Waals surface area contributed by atoms with Gasteiger partial charge in [-0.2, -0.15) is 0 Å². The summed E-state index contributed by atoms with van der Waals surface area (Å²) in [5.74, 6) is 1.36. The fourth-order valence-electron chi connectivity index (χ4n) is 2.58. The van der Waals surface area contributed by atoms with E-state index in [4.69, 9.17) is 5.73 Å². The van der Waals surface area contributed by atoms with Gasteiger partial charge in [0.25, 0.3) is 0 Å². The van der Waals surface area contributed by atoms with Gasteiger partial charge in [0.15, 0.2) is 0 Å². The Balaban J connectivity index is 2.14. The fourth-order valence-corrected chi connectivity index (χ4v) is 2.58. The zero-order valence-corrected chi connectivity index (χ0v) is 11.2. The minimum Gasteiger partial charge on any atom is -0.356 e. The lowest BCUT2D eigenvalue weighted by molar-refractivity contribution is -0.122. The molecule has 100 valence electrons. The van der Waals surface area contributed by atoms with Crippen molar-refractivity contribution in [3.63, 3.8) is 0 Å². The summed E-state index contributed by atoms with van der Waals surface area (Å²) >= 11 is 0. The molecule has 0 bridgehead atoms. The lowest BCUT2D eigenvalue weighted by Crippen LogP contribution is -2.30. The number of carbonyl (C=O) groups excluding carboxylic acids is 1. The third-order valence-corrected chi connectivity index (χ3v) is 3.76. The molecule has 3 nitrogen and oxygen atoms in total. The molecular weight excluding hydrogens is 212 g/mol. The average Bonchev–Trinajstić information content (AvgIpc) is 2.55. The van der Waals surface area contributed by atoms with Crippen LogP contribution in [0.15, 0.2) is 0 Å². The average molecular weight is 240 g/mol. The van der Waals surface area contributed by atoms with Crippen molar-refractivity contribution in [3.8, 4) is 0 Å². The van der Waals surface area contributed by atoms with E-state index in [1.807, 2.05) is 0 Å². The summed E-state index contributed by atoms with van der Waals surface area (Å²) in [7, 11) is 0. The standard InChI is InChI=1S/C14H28N2O/c1-12(8-9-15)11-16-14(17)10-13-6-4-2-3-5-7-13/h12-13H,2-11,15H2,1H3,(H,16,17). The van der Waals surface area contributed by atoms with E-state index in [1.54, 1.807) is 0 Å². The molecule has 0 aromatic heterocycles. The van der Waals surface area contributed by atoms with Gasteiger partial charge >= 0.3 is 0 Å². The summed E-state index contributed by atoms with van der Waals surface area (Å²) in [5, 5.41) is 3.04. The molecule has 0 radical (unpaired) electrons. The minimum atomic E-state index is 0.237. The van der Waals surface area contributed by atoms with Crippen molar-refractivity contribution >= 4 is 5.91 Å². The number of hydrogen-bond acceptors (Lipinski definition) is 2. The molecule has 1 unspecified atom stereocenters. The Hall–Kier alpha value is -0.570. The smallest absolute Gasteiger partial charge is 0.220 e. The zero-order chi connectivity index (χ0) is 12.5. The number of rotatable bonds is 6. The topological polar surface area (TPSA) is 55.1 Å². The maximum Gasteiger partial charge on any atom is 0.220 e. The molecule has 0 aromatic rings. The molecule has 1 aliphatic carbocycles. The van der Waals surface area contributed by atoms with Crippen LogP contribution in [-0.2, 0) is 4.79 Å². The number of nitrogens with two attached hydrogens (primary N) is 1. The number of nitrogens with one attached hydrogen (secondary N) is 1. The Labute approximate surface area is 106 Å². The van der Waals surface area contributed by atoms with Crippen molar-refractivity contribution in [1.29, 1.82) is 0 Å². The van der Waals surface area contributed by atoms with E-state index in [0.29, 0.717) is 18.4 Å². The summed E-state index contributed by atoms with van der Waals surface area (Å²) < 4.78 is 0. The first-order valence-corrected chi connectivity index (χ1v) is 7.19. The molecule has 1 rings (SSSR count). The minimum absolute atomic E-state index is 0.237. The van der Waals surface area contributed by atoms with Crippen molar-refractivity contribution < 1.29 is 4.79 Å². The van der Waals surface area contributed by atoms with E-state index in [2.05, 4.69) is 12.2 Å². The van der Waals surface area contributed by atoms with Crippen molar-refractivity contribution in [2.75, 3.05) is 13.1 Å². The van der Waals surface area contributed by atoms with E-state index in [9.17, 15) is 4.79 Å². The van der Waals surface area contributed by atoms with Gasteiger partial charge in [-0.15, -0.1) is 0 Å². The Bertz CT molecular complexity index is 210.